The second-order valence-corrected chi connectivity index (χ2v) is 9.75. The van der Waals surface area contributed by atoms with Gasteiger partial charge in [0.1, 0.15) is 5.82 Å². The molecule has 1 saturated heterocycles. The summed E-state index contributed by atoms with van der Waals surface area (Å²) < 4.78 is 41.7. The van der Waals surface area contributed by atoms with E-state index in [0.717, 1.165) is 18.6 Å². The number of carbonyl (C=O) groups excluding carboxylic acids is 1. The molecule has 1 aliphatic rings. The summed E-state index contributed by atoms with van der Waals surface area (Å²) in [4.78, 5) is 12.4. The fourth-order valence-electron chi connectivity index (χ4n) is 3.52. The number of hydrogen-bond acceptors (Lipinski definition) is 3. The van der Waals surface area contributed by atoms with Crippen LogP contribution in [0.4, 0.5) is 10.1 Å². The van der Waals surface area contributed by atoms with E-state index in [1.165, 1.54) is 10.4 Å². The van der Waals surface area contributed by atoms with Gasteiger partial charge in [0.15, 0.2) is 0 Å². The fourth-order valence-corrected chi connectivity index (χ4v) is 5.35. The monoisotopic (exact) mass is 424 g/mol. The number of benzene rings is 2. The molecule has 0 bridgehead atoms. The van der Waals surface area contributed by atoms with E-state index in [9.17, 15) is 17.6 Å². The molecule has 0 spiro atoms. The van der Waals surface area contributed by atoms with Gasteiger partial charge in [-0.1, -0.05) is 25.4 Å². The minimum Gasteiger partial charge on any atom is -0.322 e. The number of nitrogens with one attached hydrogen (secondary N) is 1. The van der Waals surface area contributed by atoms with Crippen molar-refractivity contribution in [2.75, 3.05) is 18.4 Å². The molecular formula is C20H22ClFN2O3S. The highest BCUT2D eigenvalue weighted by Gasteiger charge is 2.32. The van der Waals surface area contributed by atoms with E-state index in [0.29, 0.717) is 23.8 Å². The summed E-state index contributed by atoms with van der Waals surface area (Å²) >= 11 is 5.81. The lowest BCUT2D eigenvalue weighted by Gasteiger charge is -2.34. The number of carbonyl (C=O) groups is 1. The van der Waals surface area contributed by atoms with Crippen LogP contribution in [0.3, 0.4) is 0 Å². The van der Waals surface area contributed by atoms with Gasteiger partial charge in [0.25, 0.3) is 5.91 Å². The van der Waals surface area contributed by atoms with Crippen LogP contribution < -0.4 is 5.32 Å². The van der Waals surface area contributed by atoms with Gasteiger partial charge in [-0.2, -0.15) is 4.31 Å². The Morgan fingerprint density at radius 3 is 2.32 bits per heavy atom. The fraction of sp³-hybridized carbons (Fsp3) is 0.350. The van der Waals surface area contributed by atoms with Crippen molar-refractivity contribution in [1.29, 1.82) is 0 Å². The Balaban J connectivity index is 1.88. The Morgan fingerprint density at radius 1 is 1.11 bits per heavy atom. The van der Waals surface area contributed by atoms with Gasteiger partial charge in [-0.3, -0.25) is 4.79 Å². The maximum Gasteiger partial charge on any atom is 0.258 e. The second-order valence-electron chi connectivity index (χ2n) is 7.37. The van der Waals surface area contributed by atoms with Gasteiger partial charge in [0.05, 0.1) is 10.5 Å². The van der Waals surface area contributed by atoms with Crippen LogP contribution in [0, 0.1) is 17.7 Å². The van der Waals surface area contributed by atoms with Gasteiger partial charge >= 0.3 is 0 Å². The highest BCUT2D eigenvalue weighted by atomic mass is 35.5. The summed E-state index contributed by atoms with van der Waals surface area (Å²) in [6.07, 6.45) is 0.962. The van der Waals surface area contributed by atoms with Crippen LogP contribution in [-0.2, 0) is 10.0 Å². The van der Waals surface area contributed by atoms with Crippen molar-refractivity contribution in [2.24, 2.45) is 11.8 Å². The largest absolute Gasteiger partial charge is 0.322 e. The van der Waals surface area contributed by atoms with Crippen LogP contribution in [0.25, 0.3) is 0 Å². The predicted octanol–water partition coefficient (Wildman–Crippen LogP) is 4.40. The van der Waals surface area contributed by atoms with Gasteiger partial charge in [-0.05, 0) is 60.7 Å². The first-order chi connectivity index (χ1) is 13.2. The lowest BCUT2D eigenvalue weighted by molar-refractivity contribution is 0.102. The number of rotatable bonds is 4. The van der Waals surface area contributed by atoms with Gasteiger partial charge in [-0.25, -0.2) is 12.8 Å². The Bertz CT molecular complexity index is 969. The maximum absolute atomic E-state index is 14.3. The van der Waals surface area contributed by atoms with Crippen molar-refractivity contribution < 1.29 is 17.6 Å². The van der Waals surface area contributed by atoms with Gasteiger partial charge in [0, 0.05) is 23.8 Å². The van der Waals surface area contributed by atoms with E-state index < -0.39 is 21.7 Å². The average molecular weight is 425 g/mol. The molecule has 1 heterocycles. The first-order valence-corrected chi connectivity index (χ1v) is 10.8. The van der Waals surface area contributed by atoms with Crippen LogP contribution in [0.2, 0.25) is 5.02 Å². The molecule has 1 fully saturated rings. The van der Waals surface area contributed by atoms with Crippen molar-refractivity contribution in [3.63, 3.8) is 0 Å². The molecule has 2 aromatic carbocycles. The normalized spacial score (nSPS) is 20.7. The summed E-state index contributed by atoms with van der Waals surface area (Å²) in [5, 5.41) is 3.05. The van der Waals surface area contributed by atoms with Crippen LogP contribution in [0.5, 0.6) is 0 Å². The molecule has 2 atom stereocenters. The number of amides is 1. The molecule has 28 heavy (non-hydrogen) atoms. The van der Waals surface area contributed by atoms with E-state index in [1.54, 1.807) is 24.3 Å². The Kier molecular flexibility index (Phi) is 6.07. The number of piperidine rings is 1. The van der Waals surface area contributed by atoms with E-state index in [1.807, 2.05) is 13.8 Å². The summed E-state index contributed by atoms with van der Waals surface area (Å²) in [7, 11) is -3.81. The number of sulfonamides is 1. The molecule has 150 valence electrons. The molecular weight excluding hydrogens is 403 g/mol. The Labute approximate surface area is 169 Å². The van der Waals surface area contributed by atoms with Gasteiger partial charge < -0.3 is 5.32 Å². The van der Waals surface area contributed by atoms with Crippen molar-refractivity contribution in [3.8, 4) is 0 Å². The zero-order valence-corrected chi connectivity index (χ0v) is 17.2. The molecule has 0 aliphatic carbocycles. The Hall–Kier alpha value is -1.96. The lowest BCUT2D eigenvalue weighted by atomic mass is 9.94. The Morgan fingerprint density at radius 2 is 1.71 bits per heavy atom. The molecule has 0 unspecified atom stereocenters. The third-order valence-electron chi connectivity index (χ3n) is 4.76. The van der Waals surface area contributed by atoms with Gasteiger partial charge in [-0.15, -0.1) is 0 Å². The number of anilines is 1. The number of hydrogen-bond donors (Lipinski definition) is 1. The van der Waals surface area contributed by atoms with E-state index in [4.69, 9.17) is 11.6 Å². The summed E-state index contributed by atoms with van der Waals surface area (Å²) in [5.74, 6) is -1.03. The smallest absolute Gasteiger partial charge is 0.258 e. The first-order valence-electron chi connectivity index (χ1n) is 9.03. The van der Waals surface area contributed by atoms with Crippen molar-refractivity contribution >= 4 is 33.2 Å². The summed E-state index contributed by atoms with van der Waals surface area (Å²) in [5.41, 5.74) is 0.106. The maximum atomic E-state index is 14.3. The van der Waals surface area contributed by atoms with Crippen molar-refractivity contribution in [2.45, 2.75) is 25.2 Å². The molecule has 2 aromatic rings. The van der Waals surface area contributed by atoms with Crippen molar-refractivity contribution in [3.05, 3.63) is 58.9 Å². The number of halogens is 2. The molecule has 1 amide bonds. The molecule has 1 aliphatic heterocycles. The van der Waals surface area contributed by atoms with Crippen LogP contribution in [-0.4, -0.2) is 31.7 Å². The lowest BCUT2D eigenvalue weighted by Crippen LogP contribution is -2.42. The first kappa shape index (κ1) is 20.8. The van der Waals surface area contributed by atoms with Crippen LogP contribution >= 0.6 is 11.6 Å². The zero-order chi connectivity index (χ0) is 20.5. The second kappa shape index (κ2) is 8.19. The highest BCUT2D eigenvalue weighted by Crippen LogP contribution is 2.27. The third kappa shape index (κ3) is 4.54. The van der Waals surface area contributed by atoms with E-state index in [-0.39, 0.29) is 22.3 Å². The summed E-state index contributed by atoms with van der Waals surface area (Å²) in [6.45, 7) is 4.84. The SMILES string of the molecule is C[C@@H]1C[C@@H](C)CN(S(=O)(=O)c2ccc(F)c(C(=O)Nc3ccc(Cl)cc3)c2)C1. The average Bonchev–Trinajstić information content (AvgIpc) is 2.63. The molecule has 1 N–H and O–H groups in total. The van der Waals surface area contributed by atoms with Crippen molar-refractivity contribution in [1.82, 2.24) is 4.31 Å². The molecule has 0 aromatic heterocycles. The van der Waals surface area contributed by atoms with Gasteiger partial charge in [0.2, 0.25) is 10.0 Å². The molecule has 0 radical (unpaired) electrons. The quantitative estimate of drug-likeness (QED) is 0.791. The van der Waals surface area contributed by atoms with Crippen LogP contribution in [0.1, 0.15) is 30.6 Å². The summed E-state index contributed by atoms with van der Waals surface area (Å²) in [6, 6.07) is 9.65. The standard InChI is InChI=1S/C20H22ClFN2O3S/c1-13-9-14(2)12-24(11-13)28(26,27)17-7-8-19(22)18(10-17)20(25)23-16-5-3-15(21)4-6-16/h3-8,10,13-14H,9,11-12H2,1-2H3,(H,23,25)/t13-,14-/m1/s1. The van der Waals surface area contributed by atoms with Crippen LogP contribution in [0.15, 0.2) is 47.4 Å². The van der Waals surface area contributed by atoms with E-state index in [2.05, 4.69) is 5.32 Å². The molecule has 0 saturated carbocycles. The minimum absolute atomic E-state index is 0.0866. The highest BCUT2D eigenvalue weighted by molar-refractivity contribution is 7.89. The molecule has 5 nitrogen and oxygen atoms in total. The molecule has 3 rings (SSSR count). The molecule has 8 heteroatoms. The topological polar surface area (TPSA) is 66.5 Å². The zero-order valence-electron chi connectivity index (χ0n) is 15.7. The predicted molar refractivity (Wildman–Crippen MR) is 108 cm³/mol. The van der Waals surface area contributed by atoms with E-state index >= 15 is 0 Å². The minimum atomic E-state index is -3.81. The number of nitrogens with zero attached hydrogens (tertiary/aromatic N) is 1. The third-order valence-corrected chi connectivity index (χ3v) is 6.84.